The number of hydrogen-bond donors (Lipinski definition) is 1. The van der Waals surface area contributed by atoms with E-state index < -0.39 is 0 Å². The molecule has 0 amide bonds. The molecule has 0 aliphatic rings. The third-order valence-electron chi connectivity index (χ3n) is 2.49. The molecule has 0 saturated carbocycles. The van der Waals surface area contributed by atoms with Gasteiger partial charge in [-0.05, 0) is 52.7 Å². The van der Waals surface area contributed by atoms with Crippen molar-refractivity contribution >= 4 is 21.6 Å². The molecule has 1 atom stereocenters. The Morgan fingerprint density at radius 3 is 2.82 bits per heavy atom. The monoisotopic (exact) mass is 294 g/mol. The average Bonchev–Trinajstić information content (AvgIpc) is 2.34. The normalized spacial score (nSPS) is 12.2. The van der Waals surface area contributed by atoms with Crippen molar-refractivity contribution in [3.05, 3.63) is 58.6 Å². The Balaban J connectivity index is 2.14. The zero-order valence-electron chi connectivity index (χ0n) is 9.32. The molecule has 1 aromatic carbocycles. The number of benzene rings is 1. The number of hydrogen-bond acceptors (Lipinski definition) is 2. The average molecular weight is 295 g/mol. The first-order chi connectivity index (χ1) is 8.16. The Hall–Kier alpha value is -1.42. The molecule has 0 fully saturated rings. The number of rotatable bonds is 3. The Morgan fingerprint density at radius 2 is 2.18 bits per heavy atom. The van der Waals surface area contributed by atoms with Crippen LogP contribution in [0.5, 0.6) is 0 Å². The molecule has 1 N–H and O–H groups in total. The topological polar surface area (TPSA) is 24.9 Å². The molecule has 1 unspecified atom stereocenters. The predicted octanol–water partition coefficient (Wildman–Crippen LogP) is 4.16. The van der Waals surface area contributed by atoms with Crippen molar-refractivity contribution in [2.75, 3.05) is 5.32 Å². The van der Waals surface area contributed by atoms with E-state index in [1.165, 1.54) is 6.07 Å². The summed E-state index contributed by atoms with van der Waals surface area (Å²) in [6.07, 6.45) is 3.49. The van der Waals surface area contributed by atoms with E-state index in [2.05, 4.69) is 26.2 Å². The molecule has 2 aromatic rings. The maximum absolute atomic E-state index is 13.1. The van der Waals surface area contributed by atoms with Gasteiger partial charge >= 0.3 is 0 Å². The van der Waals surface area contributed by atoms with Gasteiger partial charge in [0.2, 0.25) is 0 Å². The van der Waals surface area contributed by atoms with Crippen LogP contribution in [0, 0.1) is 5.82 Å². The zero-order valence-corrected chi connectivity index (χ0v) is 10.9. The SMILES string of the molecule is CC(Nc1cccnc1)c1ccc(F)c(Br)c1. The van der Waals surface area contributed by atoms with Crippen molar-refractivity contribution in [1.29, 1.82) is 0 Å². The van der Waals surface area contributed by atoms with Gasteiger partial charge in [-0.15, -0.1) is 0 Å². The number of aromatic nitrogens is 1. The van der Waals surface area contributed by atoms with Crippen LogP contribution in [0.1, 0.15) is 18.5 Å². The summed E-state index contributed by atoms with van der Waals surface area (Å²) in [7, 11) is 0. The second-order valence-corrected chi connectivity index (χ2v) is 4.64. The molecule has 88 valence electrons. The van der Waals surface area contributed by atoms with Crippen LogP contribution in [0.3, 0.4) is 0 Å². The molecule has 0 bridgehead atoms. The molecule has 17 heavy (non-hydrogen) atoms. The summed E-state index contributed by atoms with van der Waals surface area (Å²) in [4.78, 5) is 4.03. The van der Waals surface area contributed by atoms with E-state index in [1.54, 1.807) is 24.5 Å². The molecule has 0 radical (unpaired) electrons. The molecule has 1 heterocycles. The van der Waals surface area contributed by atoms with Crippen LogP contribution in [-0.4, -0.2) is 4.98 Å². The smallest absolute Gasteiger partial charge is 0.137 e. The lowest BCUT2D eigenvalue weighted by Crippen LogP contribution is -2.06. The van der Waals surface area contributed by atoms with E-state index in [0.29, 0.717) is 4.47 Å². The molecule has 0 aliphatic heterocycles. The Labute approximate surface area is 108 Å². The van der Waals surface area contributed by atoms with Gasteiger partial charge in [0.15, 0.2) is 0 Å². The second-order valence-electron chi connectivity index (χ2n) is 3.78. The van der Waals surface area contributed by atoms with Crippen LogP contribution in [0.15, 0.2) is 47.2 Å². The minimum absolute atomic E-state index is 0.0936. The summed E-state index contributed by atoms with van der Waals surface area (Å²) in [5.41, 5.74) is 1.96. The maximum atomic E-state index is 13.1. The molecule has 0 spiro atoms. The predicted molar refractivity (Wildman–Crippen MR) is 70.4 cm³/mol. The first-order valence-corrected chi connectivity index (χ1v) is 6.07. The summed E-state index contributed by atoms with van der Waals surface area (Å²) < 4.78 is 13.6. The van der Waals surface area contributed by atoms with Crippen molar-refractivity contribution in [3.8, 4) is 0 Å². The quantitative estimate of drug-likeness (QED) is 0.919. The van der Waals surface area contributed by atoms with Gasteiger partial charge in [0, 0.05) is 18.4 Å². The lowest BCUT2D eigenvalue weighted by Gasteiger charge is -2.15. The molecule has 2 rings (SSSR count). The van der Waals surface area contributed by atoms with Crippen LogP contribution in [0.2, 0.25) is 0 Å². The molecule has 0 saturated heterocycles. The fraction of sp³-hybridized carbons (Fsp3) is 0.154. The second kappa shape index (κ2) is 5.27. The molecule has 2 nitrogen and oxygen atoms in total. The van der Waals surface area contributed by atoms with E-state index in [1.807, 2.05) is 19.1 Å². The minimum atomic E-state index is -0.248. The summed E-state index contributed by atoms with van der Waals surface area (Å²) in [6.45, 7) is 2.02. The molecule has 4 heteroatoms. The van der Waals surface area contributed by atoms with Crippen LogP contribution in [0.25, 0.3) is 0 Å². The van der Waals surface area contributed by atoms with Gasteiger partial charge in [0.05, 0.1) is 10.2 Å². The first kappa shape index (κ1) is 12.0. The van der Waals surface area contributed by atoms with E-state index in [-0.39, 0.29) is 11.9 Å². The van der Waals surface area contributed by atoms with Crippen molar-refractivity contribution < 1.29 is 4.39 Å². The van der Waals surface area contributed by atoms with E-state index in [4.69, 9.17) is 0 Å². The van der Waals surface area contributed by atoms with Crippen molar-refractivity contribution in [2.24, 2.45) is 0 Å². The standard InChI is InChI=1S/C13H12BrFN2/c1-9(17-11-3-2-6-16-8-11)10-4-5-13(15)12(14)7-10/h2-9,17H,1H3. The number of anilines is 1. The first-order valence-electron chi connectivity index (χ1n) is 5.28. The Bertz CT molecular complexity index is 502. The number of nitrogens with zero attached hydrogens (tertiary/aromatic N) is 1. The van der Waals surface area contributed by atoms with Crippen molar-refractivity contribution in [1.82, 2.24) is 4.98 Å². The summed E-state index contributed by atoms with van der Waals surface area (Å²) in [5, 5.41) is 3.30. The van der Waals surface area contributed by atoms with Crippen LogP contribution < -0.4 is 5.32 Å². The van der Waals surface area contributed by atoms with Crippen LogP contribution in [0.4, 0.5) is 10.1 Å². The lowest BCUT2D eigenvalue weighted by atomic mass is 10.1. The Morgan fingerprint density at radius 1 is 1.35 bits per heavy atom. The van der Waals surface area contributed by atoms with Crippen LogP contribution in [-0.2, 0) is 0 Å². The molecular formula is C13H12BrFN2. The fourth-order valence-corrected chi connectivity index (χ4v) is 1.96. The van der Waals surface area contributed by atoms with Gasteiger partial charge in [-0.2, -0.15) is 0 Å². The van der Waals surface area contributed by atoms with Gasteiger partial charge in [0.1, 0.15) is 5.82 Å². The van der Waals surface area contributed by atoms with Gasteiger partial charge in [-0.1, -0.05) is 6.07 Å². The number of halogens is 2. The third kappa shape index (κ3) is 3.03. The highest BCUT2D eigenvalue weighted by Gasteiger charge is 2.07. The minimum Gasteiger partial charge on any atom is -0.377 e. The highest BCUT2D eigenvalue weighted by atomic mass is 79.9. The third-order valence-corrected chi connectivity index (χ3v) is 3.10. The maximum Gasteiger partial charge on any atom is 0.137 e. The molecular weight excluding hydrogens is 283 g/mol. The van der Waals surface area contributed by atoms with E-state index >= 15 is 0 Å². The van der Waals surface area contributed by atoms with Gasteiger partial charge in [-0.25, -0.2) is 4.39 Å². The van der Waals surface area contributed by atoms with Crippen molar-refractivity contribution in [3.63, 3.8) is 0 Å². The highest BCUT2D eigenvalue weighted by Crippen LogP contribution is 2.23. The Kier molecular flexibility index (Phi) is 3.74. The van der Waals surface area contributed by atoms with Gasteiger partial charge in [0.25, 0.3) is 0 Å². The zero-order chi connectivity index (χ0) is 12.3. The summed E-state index contributed by atoms with van der Waals surface area (Å²) >= 11 is 3.18. The van der Waals surface area contributed by atoms with E-state index in [9.17, 15) is 4.39 Å². The van der Waals surface area contributed by atoms with Crippen LogP contribution >= 0.6 is 15.9 Å². The number of nitrogens with one attached hydrogen (secondary N) is 1. The fourth-order valence-electron chi connectivity index (χ4n) is 1.56. The van der Waals surface area contributed by atoms with Crippen molar-refractivity contribution in [2.45, 2.75) is 13.0 Å². The number of pyridine rings is 1. The molecule has 0 aliphatic carbocycles. The summed E-state index contributed by atoms with van der Waals surface area (Å²) in [5.74, 6) is -0.248. The van der Waals surface area contributed by atoms with Gasteiger partial charge < -0.3 is 5.32 Å². The molecule has 1 aromatic heterocycles. The summed E-state index contributed by atoms with van der Waals surface area (Å²) in [6, 6.07) is 8.92. The van der Waals surface area contributed by atoms with Gasteiger partial charge in [-0.3, -0.25) is 4.98 Å². The highest BCUT2D eigenvalue weighted by molar-refractivity contribution is 9.10. The largest absolute Gasteiger partial charge is 0.377 e. The van der Waals surface area contributed by atoms with E-state index in [0.717, 1.165) is 11.3 Å². The lowest BCUT2D eigenvalue weighted by molar-refractivity contribution is 0.619.